The van der Waals surface area contributed by atoms with Crippen LogP contribution < -0.4 is 0 Å². The Morgan fingerprint density at radius 1 is 1.11 bits per heavy atom. The fourth-order valence-corrected chi connectivity index (χ4v) is 9.25. The minimum atomic E-state index is -1.54. The fraction of sp³-hybridized carbons (Fsp3) is 0.862. The Hall–Kier alpha value is -1.32. The molecule has 8 heteroatoms. The second-order valence-corrected chi connectivity index (χ2v) is 14.0. The van der Waals surface area contributed by atoms with Gasteiger partial charge in [0.05, 0.1) is 29.8 Å². The van der Waals surface area contributed by atoms with Crippen LogP contribution in [-0.4, -0.2) is 72.4 Å². The largest absolute Gasteiger partial charge is 0.459 e. The lowest BCUT2D eigenvalue weighted by Gasteiger charge is -2.61. The van der Waals surface area contributed by atoms with Gasteiger partial charge in [-0.25, -0.2) is 0 Å². The first-order valence-corrected chi connectivity index (χ1v) is 14.0. The highest BCUT2D eigenvalue weighted by Gasteiger charge is 2.70. The molecule has 0 radical (unpaired) electrons. The molecule has 11 atom stereocenters. The van der Waals surface area contributed by atoms with Crippen LogP contribution in [0.15, 0.2) is 11.6 Å². The molecule has 0 bridgehead atoms. The van der Waals surface area contributed by atoms with Crippen molar-refractivity contribution in [2.45, 2.75) is 121 Å². The first-order chi connectivity index (χ1) is 17.0. The number of esters is 1. The summed E-state index contributed by atoms with van der Waals surface area (Å²) in [5.41, 5.74) is -4.93. The fourth-order valence-electron chi connectivity index (χ4n) is 9.25. The van der Waals surface area contributed by atoms with Crippen molar-refractivity contribution in [3.05, 3.63) is 11.6 Å². The number of hydrogen-bond donors (Lipinski definition) is 5. The SMILES string of the molecule is CC(C)[C@@H](O)C[C@@H](O)[C@](C)(O)[C@H]1CC[C@@]2(O)C3=CC(=O)[C@@H]4C[C@H]5OC(=O)C[C@@]5(O)C[C@]4(C)C3CC[C@]12C. The Kier molecular flexibility index (Phi) is 6.14. The molecule has 0 spiro atoms. The number of aliphatic hydroxyl groups excluding tert-OH is 2. The lowest BCUT2D eigenvalue weighted by molar-refractivity contribution is -0.185. The molecule has 0 aromatic rings. The summed E-state index contributed by atoms with van der Waals surface area (Å²) >= 11 is 0. The topological polar surface area (TPSA) is 145 Å². The summed E-state index contributed by atoms with van der Waals surface area (Å²) in [5.74, 6) is -1.59. The number of carbonyl (C=O) groups is 2. The summed E-state index contributed by atoms with van der Waals surface area (Å²) in [6, 6.07) is 0. The second-order valence-electron chi connectivity index (χ2n) is 14.0. The van der Waals surface area contributed by atoms with Crippen LogP contribution in [0.5, 0.6) is 0 Å². The number of hydrogen-bond acceptors (Lipinski definition) is 8. The molecule has 4 aliphatic carbocycles. The van der Waals surface area contributed by atoms with Gasteiger partial charge >= 0.3 is 5.97 Å². The molecule has 8 nitrogen and oxygen atoms in total. The highest BCUT2D eigenvalue weighted by Crippen LogP contribution is 2.69. The molecule has 1 unspecified atom stereocenters. The third-order valence-corrected chi connectivity index (χ3v) is 11.6. The highest BCUT2D eigenvalue weighted by atomic mass is 16.6. The summed E-state index contributed by atoms with van der Waals surface area (Å²) < 4.78 is 5.39. The molecular weight excluding hydrogens is 476 g/mol. The van der Waals surface area contributed by atoms with Gasteiger partial charge in [-0.3, -0.25) is 9.59 Å². The number of ether oxygens (including phenoxy) is 1. The summed E-state index contributed by atoms with van der Waals surface area (Å²) in [6.07, 6.45) is 1.59. The molecule has 1 aliphatic heterocycles. The van der Waals surface area contributed by atoms with E-state index in [2.05, 4.69) is 0 Å². The third-order valence-electron chi connectivity index (χ3n) is 11.6. The molecule has 5 rings (SSSR count). The van der Waals surface area contributed by atoms with E-state index >= 15 is 0 Å². The number of fused-ring (bicyclic) bond motifs is 6. The van der Waals surface area contributed by atoms with Crippen molar-refractivity contribution in [3.8, 4) is 0 Å². The van der Waals surface area contributed by atoms with Crippen LogP contribution in [0.4, 0.5) is 0 Å². The van der Waals surface area contributed by atoms with Gasteiger partial charge in [-0.05, 0) is 80.3 Å². The first kappa shape index (κ1) is 27.3. The van der Waals surface area contributed by atoms with Gasteiger partial charge < -0.3 is 30.3 Å². The maximum Gasteiger partial charge on any atom is 0.309 e. The molecule has 1 saturated heterocycles. The molecule has 3 saturated carbocycles. The smallest absolute Gasteiger partial charge is 0.309 e. The molecule has 5 N–H and O–H groups in total. The van der Waals surface area contributed by atoms with E-state index in [9.17, 15) is 35.1 Å². The molecule has 0 aromatic heterocycles. The number of rotatable bonds is 5. The quantitative estimate of drug-likeness (QED) is 0.346. The lowest BCUT2D eigenvalue weighted by Crippen LogP contribution is -2.64. The van der Waals surface area contributed by atoms with Crippen molar-refractivity contribution in [3.63, 3.8) is 0 Å². The normalized spacial score (nSPS) is 48.2. The monoisotopic (exact) mass is 520 g/mol. The van der Waals surface area contributed by atoms with Gasteiger partial charge in [0.1, 0.15) is 11.7 Å². The minimum absolute atomic E-state index is 0.0414. The van der Waals surface area contributed by atoms with E-state index in [1.54, 1.807) is 13.0 Å². The summed E-state index contributed by atoms with van der Waals surface area (Å²) in [6.45, 7) is 9.29. The Morgan fingerprint density at radius 2 is 1.78 bits per heavy atom. The zero-order chi connectivity index (χ0) is 27.3. The molecular formula is C29H44O8. The first-order valence-electron chi connectivity index (χ1n) is 14.0. The van der Waals surface area contributed by atoms with Crippen molar-refractivity contribution >= 4 is 11.8 Å². The van der Waals surface area contributed by atoms with Crippen LogP contribution in [0.3, 0.4) is 0 Å². The van der Waals surface area contributed by atoms with Gasteiger partial charge in [0.15, 0.2) is 5.78 Å². The molecule has 5 aliphatic rings. The number of allylic oxidation sites excluding steroid dienone is 1. The predicted molar refractivity (Wildman–Crippen MR) is 134 cm³/mol. The Morgan fingerprint density at radius 3 is 2.43 bits per heavy atom. The van der Waals surface area contributed by atoms with E-state index in [0.29, 0.717) is 31.3 Å². The molecule has 1 heterocycles. The predicted octanol–water partition coefficient (Wildman–Crippen LogP) is 2.03. The van der Waals surface area contributed by atoms with Gasteiger partial charge in [-0.1, -0.05) is 27.7 Å². The van der Waals surface area contributed by atoms with E-state index in [-0.39, 0.29) is 43.3 Å². The third kappa shape index (κ3) is 3.65. The van der Waals surface area contributed by atoms with Crippen LogP contribution >= 0.6 is 0 Å². The van der Waals surface area contributed by atoms with Gasteiger partial charge in [0.25, 0.3) is 0 Å². The van der Waals surface area contributed by atoms with E-state index in [1.807, 2.05) is 27.7 Å². The van der Waals surface area contributed by atoms with E-state index in [4.69, 9.17) is 4.74 Å². The zero-order valence-corrected chi connectivity index (χ0v) is 22.7. The van der Waals surface area contributed by atoms with Crippen LogP contribution in [0.25, 0.3) is 0 Å². The molecule has 0 aromatic carbocycles. The number of carbonyl (C=O) groups excluding carboxylic acids is 2. The van der Waals surface area contributed by atoms with Crippen molar-refractivity contribution in [1.29, 1.82) is 0 Å². The summed E-state index contributed by atoms with van der Waals surface area (Å²) in [5, 5.41) is 56.8. The average molecular weight is 521 g/mol. The minimum Gasteiger partial charge on any atom is -0.459 e. The van der Waals surface area contributed by atoms with Crippen LogP contribution in [0.2, 0.25) is 0 Å². The molecule has 37 heavy (non-hydrogen) atoms. The van der Waals surface area contributed by atoms with Gasteiger partial charge in [0, 0.05) is 17.8 Å². The Bertz CT molecular complexity index is 1020. The second kappa shape index (κ2) is 8.34. The van der Waals surface area contributed by atoms with Gasteiger partial charge in [-0.15, -0.1) is 0 Å². The summed E-state index contributed by atoms with van der Waals surface area (Å²) in [7, 11) is 0. The van der Waals surface area contributed by atoms with E-state index in [0.717, 1.165) is 0 Å². The van der Waals surface area contributed by atoms with Crippen LogP contribution in [-0.2, 0) is 14.3 Å². The van der Waals surface area contributed by atoms with Crippen molar-refractivity contribution in [2.75, 3.05) is 0 Å². The van der Waals surface area contributed by atoms with E-state index < -0.39 is 63.8 Å². The molecule has 208 valence electrons. The van der Waals surface area contributed by atoms with E-state index in [1.165, 1.54) is 0 Å². The highest BCUT2D eigenvalue weighted by molar-refractivity contribution is 5.95. The number of ketones is 1. The Labute approximate surface area is 219 Å². The maximum absolute atomic E-state index is 13.5. The van der Waals surface area contributed by atoms with Crippen molar-refractivity contribution in [1.82, 2.24) is 0 Å². The average Bonchev–Trinajstić information content (AvgIpc) is 3.23. The van der Waals surface area contributed by atoms with Crippen molar-refractivity contribution < 1.29 is 39.9 Å². The number of aliphatic hydroxyl groups is 5. The molecule has 0 amide bonds. The maximum atomic E-state index is 13.5. The van der Waals surface area contributed by atoms with Crippen LogP contribution in [0, 0.1) is 34.5 Å². The lowest BCUT2D eigenvalue weighted by atomic mass is 9.44. The van der Waals surface area contributed by atoms with Gasteiger partial charge in [-0.2, -0.15) is 0 Å². The molecule has 4 fully saturated rings. The zero-order valence-electron chi connectivity index (χ0n) is 22.7. The van der Waals surface area contributed by atoms with Gasteiger partial charge in [0.2, 0.25) is 0 Å². The van der Waals surface area contributed by atoms with Crippen molar-refractivity contribution in [2.24, 2.45) is 34.5 Å². The van der Waals surface area contributed by atoms with Crippen LogP contribution in [0.1, 0.15) is 86.0 Å². The summed E-state index contributed by atoms with van der Waals surface area (Å²) in [4.78, 5) is 25.6. The standard InChI is InChI=1S/C29H44O8/c1-15(2)19(30)12-22(32)27(5,34)21-7-9-29(36)17-10-20(31)18-11-23-28(35,13-24(33)37-23)14-25(18,3)16(17)6-8-26(21,29)4/h10,15-16,18-19,21-23,30,32,34-36H,6-9,11-14H2,1-5H3/t16?,18-,19-,21-,22+,23+,25+,26+,27+,28+,29+/m0/s1. The Balaban J connectivity index is 1.48.